The standard InChI is InChI=1S/C25H21N5O4S/c1-35-25-28-22(14-17-8-4-2-5-9-17)23(30(31)32)24(29(25)27)34-21-13-18(16-26)12-20(15-21)33-19-10-6-3-7-11-19/h2-13,15,25H,14,27H2,1H3. The number of nitrogens with zero attached hydrogens (tertiary/aromatic N) is 4. The fourth-order valence-electron chi connectivity index (χ4n) is 3.46. The Morgan fingerprint density at radius 2 is 1.69 bits per heavy atom. The van der Waals surface area contributed by atoms with Crippen molar-refractivity contribution in [2.75, 3.05) is 6.26 Å². The first-order valence-electron chi connectivity index (χ1n) is 10.5. The van der Waals surface area contributed by atoms with Gasteiger partial charge in [-0.2, -0.15) is 5.26 Å². The van der Waals surface area contributed by atoms with Crippen LogP contribution in [0.25, 0.3) is 0 Å². The average molecular weight is 488 g/mol. The summed E-state index contributed by atoms with van der Waals surface area (Å²) in [5.74, 6) is 7.12. The van der Waals surface area contributed by atoms with E-state index in [1.807, 2.05) is 48.5 Å². The van der Waals surface area contributed by atoms with E-state index in [9.17, 15) is 15.4 Å². The van der Waals surface area contributed by atoms with E-state index in [4.69, 9.17) is 15.3 Å². The lowest BCUT2D eigenvalue weighted by molar-refractivity contribution is -0.419. The predicted molar refractivity (Wildman–Crippen MR) is 133 cm³/mol. The van der Waals surface area contributed by atoms with Gasteiger partial charge in [-0.05, 0) is 36.1 Å². The summed E-state index contributed by atoms with van der Waals surface area (Å²) in [6.45, 7) is 0. The number of hydrazine groups is 1. The Hall–Kier alpha value is -4.33. The Morgan fingerprint density at radius 3 is 2.29 bits per heavy atom. The van der Waals surface area contributed by atoms with E-state index in [0.717, 1.165) is 10.6 Å². The number of benzene rings is 3. The van der Waals surface area contributed by atoms with Crippen LogP contribution in [0.4, 0.5) is 0 Å². The molecule has 0 saturated heterocycles. The predicted octanol–water partition coefficient (Wildman–Crippen LogP) is 4.69. The molecule has 0 saturated carbocycles. The molecular formula is C25H21N5O4S. The third-order valence-electron chi connectivity index (χ3n) is 5.03. The lowest BCUT2D eigenvalue weighted by Gasteiger charge is -2.30. The highest BCUT2D eigenvalue weighted by molar-refractivity contribution is 7.99. The highest BCUT2D eigenvalue weighted by Crippen LogP contribution is 2.32. The zero-order valence-corrected chi connectivity index (χ0v) is 19.5. The minimum Gasteiger partial charge on any atom is -0.457 e. The number of nitriles is 1. The van der Waals surface area contributed by atoms with Crippen molar-refractivity contribution in [2.24, 2.45) is 10.8 Å². The molecule has 0 radical (unpaired) electrons. The maximum Gasteiger partial charge on any atom is 0.351 e. The van der Waals surface area contributed by atoms with Gasteiger partial charge in [0.25, 0.3) is 5.88 Å². The molecule has 1 unspecified atom stereocenters. The van der Waals surface area contributed by atoms with Crippen LogP contribution in [-0.4, -0.2) is 27.4 Å². The lowest BCUT2D eigenvalue weighted by atomic mass is 10.1. The summed E-state index contributed by atoms with van der Waals surface area (Å²) >= 11 is 1.31. The molecule has 1 heterocycles. The zero-order valence-electron chi connectivity index (χ0n) is 18.7. The van der Waals surface area contributed by atoms with Gasteiger partial charge in [-0.15, -0.1) is 11.8 Å². The van der Waals surface area contributed by atoms with Crippen LogP contribution in [0.5, 0.6) is 17.2 Å². The second-order valence-corrected chi connectivity index (χ2v) is 8.33. The second-order valence-electron chi connectivity index (χ2n) is 7.44. The van der Waals surface area contributed by atoms with Crippen molar-refractivity contribution in [1.29, 1.82) is 5.26 Å². The highest BCUT2D eigenvalue weighted by Gasteiger charge is 2.38. The molecule has 1 atom stereocenters. The third kappa shape index (κ3) is 5.60. The van der Waals surface area contributed by atoms with E-state index >= 15 is 0 Å². The maximum absolute atomic E-state index is 12.1. The van der Waals surface area contributed by atoms with Crippen molar-refractivity contribution in [1.82, 2.24) is 5.01 Å². The van der Waals surface area contributed by atoms with Gasteiger partial charge in [-0.25, -0.2) is 15.8 Å². The molecule has 2 N–H and O–H groups in total. The molecule has 4 rings (SSSR count). The molecule has 3 aromatic carbocycles. The Labute approximate surface area is 206 Å². The summed E-state index contributed by atoms with van der Waals surface area (Å²) < 4.78 is 11.8. The Kier molecular flexibility index (Phi) is 7.30. The van der Waals surface area contributed by atoms with E-state index in [1.54, 1.807) is 30.5 Å². The molecule has 3 aromatic rings. The van der Waals surface area contributed by atoms with Gasteiger partial charge >= 0.3 is 5.70 Å². The molecule has 0 aliphatic carbocycles. The summed E-state index contributed by atoms with van der Waals surface area (Å²) in [6, 6.07) is 25.0. The quantitative estimate of drug-likeness (QED) is 0.275. The normalized spacial score (nSPS) is 15.3. The van der Waals surface area contributed by atoms with Crippen LogP contribution >= 0.6 is 11.8 Å². The maximum atomic E-state index is 12.1. The first-order chi connectivity index (χ1) is 17.0. The number of aliphatic imine (C=N–C) groups is 1. The molecule has 35 heavy (non-hydrogen) atoms. The van der Waals surface area contributed by atoms with Crippen LogP contribution in [0.3, 0.4) is 0 Å². The van der Waals surface area contributed by atoms with E-state index in [-0.39, 0.29) is 35.0 Å². The number of thioether (sulfide) groups is 1. The molecule has 1 aliphatic heterocycles. The summed E-state index contributed by atoms with van der Waals surface area (Å²) in [4.78, 5) is 16.1. The Morgan fingerprint density at radius 1 is 1.06 bits per heavy atom. The molecule has 0 amide bonds. The molecular weight excluding hydrogens is 466 g/mol. The van der Waals surface area contributed by atoms with Gasteiger partial charge in [0, 0.05) is 12.5 Å². The largest absolute Gasteiger partial charge is 0.457 e. The van der Waals surface area contributed by atoms with Gasteiger partial charge in [-0.3, -0.25) is 10.1 Å². The molecule has 10 heteroatoms. The fraction of sp³-hybridized carbons (Fsp3) is 0.120. The van der Waals surface area contributed by atoms with Gasteiger partial charge in [0.2, 0.25) is 0 Å². The van der Waals surface area contributed by atoms with Crippen molar-refractivity contribution < 1.29 is 14.4 Å². The Balaban J connectivity index is 1.74. The van der Waals surface area contributed by atoms with Crippen molar-refractivity contribution in [2.45, 2.75) is 11.9 Å². The average Bonchev–Trinajstić information content (AvgIpc) is 2.86. The van der Waals surface area contributed by atoms with Crippen LogP contribution < -0.4 is 15.3 Å². The first kappa shape index (κ1) is 23.8. The number of ether oxygens (including phenoxy) is 2. The number of nitro groups is 1. The van der Waals surface area contributed by atoms with Crippen molar-refractivity contribution in [3.63, 3.8) is 0 Å². The second kappa shape index (κ2) is 10.7. The number of hydrogen-bond acceptors (Lipinski definition) is 9. The zero-order chi connectivity index (χ0) is 24.8. The smallest absolute Gasteiger partial charge is 0.351 e. The Bertz CT molecular complexity index is 1320. The number of para-hydroxylation sites is 1. The van der Waals surface area contributed by atoms with E-state index < -0.39 is 10.4 Å². The van der Waals surface area contributed by atoms with Gasteiger partial charge in [-0.1, -0.05) is 48.5 Å². The number of hydrogen-bond donors (Lipinski definition) is 1. The van der Waals surface area contributed by atoms with E-state index in [0.29, 0.717) is 11.5 Å². The van der Waals surface area contributed by atoms with E-state index in [2.05, 4.69) is 11.1 Å². The lowest BCUT2D eigenvalue weighted by Crippen LogP contribution is -2.45. The van der Waals surface area contributed by atoms with Crippen LogP contribution in [0, 0.1) is 21.4 Å². The molecule has 9 nitrogen and oxygen atoms in total. The first-order valence-corrected chi connectivity index (χ1v) is 11.8. The molecule has 0 spiro atoms. The van der Waals surface area contributed by atoms with Crippen LogP contribution in [0.2, 0.25) is 0 Å². The fourth-order valence-corrected chi connectivity index (χ4v) is 4.02. The van der Waals surface area contributed by atoms with Crippen molar-refractivity contribution in [3.05, 3.63) is 112 Å². The molecule has 176 valence electrons. The minimum atomic E-state index is -0.633. The number of nitrogens with two attached hydrogens (primary N) is 1. The van der Waals surface area contributed by atoms with Gasteiger partial charge < -0.3 is 9.47 Å². The van der Waals surface area contributed by atoms with Crippen LogP contribution in [-0.2, 0) is 6.42 Å². The number of allylic oxidation sites excluding steroid dienone is 1. The topological polar surface area (TPSA) is 127 Å². The summed E-state index contributed by atoms with van der Waals surface area (Å²) in [7, 11) is 0. The number of rotatable bonds is 8. The van der Waals surface area contributed by atoms with Crippen LogP contribution in [0.15, 0.2) is 95.4 Å². The van der Waals surface area contributed by atoms with Gasteiger partial charge in [0.05, 0.1) is 16.6 Å². The van der Waals surface area contributed by atoms with Crippen molar-refractivity contribution >= 4 is 17.5 Å². The molecule has 0 aromatic heterocycles. The summed E-state index contributed by atoms with van der Waals surface area (Å²) in [6.07, 6.45) is 2.03. The third-order valence-corrected chi connectivity index (χ3v) is 5.78. The molecule has 0 fully saturated rings. The molecule has 1 aliphatic rings. The highest BCUT2D eigenvalue weighted by atomic mass is 32.2. The van der Waals surface area contributed by atoms with Gasteiger partial charge in [0.1, 0.15) is 23.0 Å². The van der Waals surface area contributed by atoms with Gasteiger partial charge in [0.15, 0.2) is 5.50 Å². The molecule has 0 bridgehead atoms. The summed E-state index contributed by atoms with van der Waals surface area (Å²) in [5.41, 5.74) is 0.395. The van der Waals surface area contributed by atoms with Crippen molar-refractivity contribution in [3.8, 4) is 23.3 Å². The van der Waals surface area contributed by atoms with E-state index in [1.165, 1.54) is 17.8 Å². The van der Waals surface area contributed by atoms with Crippen LogP contribution in [0.1, 0.15) is 11.1 Å². The summed E-state index contributed by atoms with van der Waals surface area (Å²) in [5, 5.41) is 22.8. The monoisotopic (exact) mass is 487 g/mol. The minimum absolute atomic E-state index is 0.167. The SMILES string of the molecule is CSC1N=C(Cc2ccccc2)C([N+](=O)[O-])=C(Oc2cc(C#N)cc(Oc3ccccc3)c2)N1N.